The highest BCUT2D eigenvalue weighted by Crippen LogP contribution is 2.50. The summed E-state index contributed by atoms with van der Waals surface area (Å²) < 4.78 is 30.9. The van der Waals surface area contributed by atoms with Gasteiger partial charge in [-0.25, -0.2) is 13.6 Å². The predicted octanol–water partition coefficient (Wildman–Crippen LogP) is 0.767. The second-order valence-electron chi connectivity index (χ2n) is 13.9. The average Bonchev–Trinajstić information content (AvgIpc) is 3.08. The molecule has 0 aromatic heterocycles. The molecule has 2 aromatic rings. The molecule has 0 bridgehead atoms. The second kappa shape index (κ2) is 17.1. The Morgan fingerprint density at radius 1 is 0.765 bits per heavy atom. The number of nitrogens with two attached hydrogens (primary N) is 2. The predicted molar refractivity (Wildman–Crippen MR) is 187 cm³/mol. The van der Waals surface area contributed by atoms with Crippen LogP contribution in [-0.2, 0) is 32.0 Å². The number of alkyl halides is 2. The summed E-state index contributed by atoms with van der Waals surface area (Å²) in [6, 6.07) is 13.3. The topological polar surface area (TPSA) is 192 Å². The normalized spacial score (nSPS) is 18.5. The van der Waals surface area contributed by atoms with Gasteiger partial charge < -0.3 is 42.5 Å². The fourth-order valence-corrected chi connectivity index (χ4v) is 6.57. The van der Waals surface area contributed by atoms with Crippen LogP contribution < -0.4 is 32.7 Å². The second-order valence-corrected chi connectivity index (χ2v) is 13.9. The third kappa shape index (κ3) is 9.79. The van der Waals surface area contributed by atoms with Crippen LogP contribution in [0.15, 0.2) is 60.7 Å². The van der Waals surface area contributed by atoms with Crippen LogP contribution >= 0.6 is 0 Å². The number of hydrogen-bond acceptors (Lipinski definition) is 7. The molecule has 13 nitrogen and oxygen atoms in total. The van der Waals surface area contributed by atoms with Gasteiger partial charge in [-0.05, 0) is 36.3 Å². The van der Waals surface area contributed by atoms with Gasteiger partial charge in [0.05, 0.1) is 18.0 Å². The molecule has 2 saturated heterocycles. The molecule has 4 rings (SSSR count). The van der Waals surface area contributed by atoms with Gasteiger partial charge in [-0.1, -0.05) is 74.5 Å². The van der Waals surface area contributed by atoms with E-state index < -0.39 is 71.7 Å². The smallest absolute Gasteiger partial charge is 0.317 e. The van der Waals surface area contributed by atoms with E-state index in [1.165, 1.54) is 11.9 Å². The summed E-state index contributed by atoms with van der Waals surface area (Å²) >= 11 is 0. The minimum Gasteiger partial charge on any atom is -0.343 e. The van der Waals surface area contributed by atoms with Crippen LogP contribution in [0.5, 0.6) is 0 Å². The van der Waals surface area contributed by atoms with Gasteiger partial charge in [0.2, 0.25) is 23.6 Å². The Morgan fingerprint density at radius 2 is 1.29 bits per heavy atom. The lowest BCUT2D eigenvalue weighted by molar-refractivity contribution is -0.215. The summed E-state index contributed by atoms with van der Waals surface area (Å²) in [5.41, 5.74) is 12.3. The number of rotatable bonds is 14. The summed E-state index contributed by atoms with van der Waals surface area (Å²) in [4.78, 5) is 68.3. The van der Waals surface area contributed by atoms with Crippen molar-refractivity contribution in [3.8, 4) is 0 Å². The Bertz CT molecular complexity index is 1520. The Labute approximate surface area is 297 Å². The van der Waals surface area contributed by atoms with Crippen LogP contribution in [0.25, 0.3) is 0 Å². The first-order valence-electron chi connectivity index (χ1n) is 17.3. The number of likely N-dealkylation sites (tertiary alicyclic amines) is 2. The van der Waals surface area contributed by atoms with Crippen LogP contribution in [0.2, 0.25) is 0 Å². The minimum atomic E-state index is -3.27. The first kappa shape index (κ1) is 39.2. The van der Waals surface area contributed by atoms with Crippen molar-refractivity contribution in [2.24, 2.45) is 22.8 Å². The van der Waals surface area contributed by atoms with E-state index in [4.69, 9.17) is 11.5 Å². The van der Waals surface area contributed by atoms with Crippen molar-refractivity contribution in [1.29, 1.82) is 0 Å². The summed E-state index contributed by atoms with van der Waals surface area (Å²) in [5, 5.41) is 10.5. The maximum absolute atomic E-state index is 15.4. The van der Waals surface area contributed by atoms with E-state index in [1.54, 1.807) is 24.3 Å². The zero-order valence-corrected chi connectivity index (χ0v) is 29.4. The van der Waals surface area contributed by atoms with Crippen molar-refractivity contribution in [3.05, 3.63) is 71.8 Å². The zero-order valence-electron chi connectivity index (χ0n) is 29.4. The monoisotopic (exact) mass is 712 g/mol. The number of nitrogens with zero attached hydrogens (tertiary/aromatic N) is 2. The van der Waals surface area contributed by atoms with Crippen molar-refractivity contribution < 1.29 is 32.8 Å². The molecule has 15 heteroatoms. The lowest BCUT2D eigenvalue weighted by Crippen LogP contribution is -2.72. The highest BCUT2D eigenvalue weighted by atomic mass is 19.3. The molecule has 0 unspecified atom stereocenters. The van der Waals surface area contributed by atoms with Crippen LogP contribution in [0, 0.1) is 11.3 Å². The Kier molecular flexibility index (Phi) is 13.1. The summed E-state index contributed by atoms with van der Waals surface area (Å²) in [6.07, 6.45) is 0.508. The van der Waals surface area contributed by atoms with Crippen molar-refractivity contribution in [2.45, 2.75) is 69.6 Å². The Hall–Kier alpha value is -4.63. The van der Waals surface area contributed by atoms with E-state index in [-0.39, 0.29) is 57.8 Å². The van der Waals surface area contributed by atoms with Gasteiger partial charge in [0.25, 0.3) is 5.92 Å². The molecule has 8 N–H and O–H groups in total. The molecule has 6 amide bonds. The highest BCUT2D eigenvalue weighted by Gasteiger charge is 2.64. The minimum absolute atomic E-state index is 0.00180. The van der Waals surface area contributed by atoms with Crippen LogP contribution in [0.1, 0.15) is 37.8 Å². The van der Waals surface area contributed by atoms with Crippen molar-refractivity contribution >= 4 is 29.7 Å². The number of nitrogens with one attached hydrogen (secondary N) is 4. The number of hydrogen-bond donors (Lipinski definition) is 6. The van der Waals surface area contributed by atoms with E-state index in [9.17, 15) is 24.0 Å². The van der Waals surface area contributed by atoms with E-state index in [0.29, 0.717) is 0 Å². The van der Waals surface area contributed by atoms with Crippen molar-refractivity contribution in [3.63, 3.8) is 0 Å². The lowest BCUT2D eigenvalue weighted by Gasteiger charge is -2.57. The maximum Gasteiger partial charge on any atom is 0.317 e. The van der Waals surface area contributed by atoms with Gasteiger partial charge in [0.15, 0.2) is 0 Å². The molecule has 2 heterocycles. The number of piperidine rings is 1. The van der Waals surface area contributed by atoms with E-state index in [1.807, 2.05) is 50.2 Å². The molecule has 0 aliphatic carbocycles. The molecule has 2 aliphatic heterocycles. The molecular weight excluding hydrogens is 662 g/mol. The Morgan fingerprint density at radius 3 is 1.82 bits per heavy atom. The number of carbonyl (C=O) groups excluding carboxylic acids is 5. The Balaban J connectivity index is 1.43. The molecular formula is C36H50F2N8O5. The molecule has 2 aliphatic rings. The molecule has 1 spiro atoms. The first-order valence-corrected chi connectivity index (χ1v) is 17.3. The number of benzene rings is 2. The number of halogens is 2. The summed E-state index contributed by atoms with van der Waals surface area (Å²) in [5.74, 6) is -6.01. The molecule has 0 radical (unpaired) electrons. The standard InChI is InChI=1S/C36H50F2N8O5/c1-23(2)16-27(31(48)44-29(19-39)33(50)45-15-14-35(36(37,38)22-45)20-46(21-35)34(51)41-3)43-32(49)28(18-25-12-8-5-9-13-25)42-30(47)26(40)17-24-10-6-4-7-11-24/h4-13,23,26-29H,14-22,39-40H2,1-3H3,(H,41,51)(H,42,47)(H,43,49)(H,44,48)/t26-,27-,28-,29-/m1/s1. The van der Waals surface area contributed by atoms with Gasteiger partial charge >= 0.3 is 6.03 Å². The first-order chi connectivity index (χ1) is 24.2. The zero-order chi connectivity index (χ0) is 37.3. The van der Waals surface area contributed by atoms with E-state index in [0.717, 1.165) is 16.0 Å². The van der Waals surface area contributed by atoms with Gasteiger partial charge in [0, 0.05) is 39.6 Å². The lowest BCUT2D eigenvalue weighted by atomic mass is 9.69. The summed E-state index contributed by atoms with van der Waals surface area (Å²) in [7, 11) is 1.43. The molecule has 4 atom stereocenters. The maximum atomic E-state index is 15.4. The number of carbonyl (C=O) groups is 5. The van der Waals surface area contributed by atoms with Crippen LogP contribution in [-0.4, -0.2) is 109 Å². The quantitative estimate of drug-likeness (QED) is 0.167. The van der Waals surface area contributed by atoms with Crippen LogP contribution in [0.4, 0.5) is 13.6 Å². The van der Waals surface area contributed by atoms with E-state index >= 15 is 8.78 Å². The fraction of sp³-hybridized carbons (Fsp3) is 0.528. The van der Waals surface area contributed by atoms with Gasteiger partial charge in [-0.3, -0.25) is 19.2 Å². The number of amides is 6. The largest absolute Gasteiger partial charge is 0.343 e. The SMILES string of the molecule is CNC(=O)N1CC2(CCN(C(=O)[C@@H](CN)NC(=O)[C@@H](CC(C)C)NC(=O)[C@@H](Cc3ccccc3)NC(=O)[C@H](N)Cc3ccccc3)CC2(F)F)C1. The van der Waals surface area contributed by atoms with Crippen molar-refractivity contribution in [1.82, 2.24) is 31.1 Å². The van der Waals surface area contributed by atoms with Crippen LogP contribution in [0.3, 0.4) is 0 Å². The average molecular weight is 713 g/mol. The third-order valence-corrected chi connectivity index (χ3v) is 9.57. The van der Waals surface area contributed by atoms with Crippen molar-refractivity contribution in [2.75, 3.05) is 39.8 Å². The van der Waals surface area contributed by atoms with Gasteiger partial charge in [-0.15, -0.1) is 0 Å². The van der Waals surface area contributed by atoms with E-state index in [2.05, 4.69) is 21.3 Å². The van der Waals surface area contributed by atoms with Gasteiger partial charge in [-0.2, -0.15) is 0 Å². The highest BCUT2D eigenvalue weighted by molar-refractivity contribution is 5.95. The third-order valence-electron chi connectivity index (χ3n) is 9.57. The molecule has 0 saturated carbocycles. The van der Waals surface area contributed by atoms with Gasteiger partial charge in [0.1, 0.15) is 18.1 Å². The fourth-order valence-electron chi connectivity index (χ4n) is 6.57. The molecule has 51 heavy (non-hydrogen) atoms. The molecule has 2 aromatic carbocycles. The summed E-state index contributed by atoms with van der Waals surface area (Å²) in [6.45, 7) is 2.21. The molecule has 2 fully saturated rings. The number of urea groups is 1. The molecule has 278 valence electrons.